The van der Waals surface area contributed by atoms with Crippen LogP contribution in [0.25, 0.3) is 0 Å². The molecule has 0 bridgehead atoms. The van der Waals surface area contributed by atoms with Gasteiger partial charge in [-0.3, -0.25) is 0 Å². The van der Waals surface area contributed by atoms with Crippen molar-refractivity contribution < 1.29 is 0 Å². The molecule has 4 heterocycles. The van der Waals surface area contributed by atoms with Crippen LogP contribution in [0.5, 0.6) is 0 Å². The van der Waals surface area contributed by atoms with Crippen molar-refractivity contribution in [3.63, 3.8) is 0 Å². The Hall–Kier alpha value is -4.05. The van der Waals surface area contributed by atoms with E-state index in [9.17, 15) is 0 Å². The van der Waals surface area contributed by atoms with Gasteiger partial charge in [0.05, 0.1) is 0 Å². The molecule has 7 rings (SSSR count). The van der Waals surface area contributed by atoms with E-state index in [-0.39, 0.29) is 51.0 Å². The Morgan fingerprint density at radius 3 is 0.917 bits per heavy atom. The molecule has 6 N–H and O–H groups in total. The molecular weight excluding hydrogens is 883 g/mol. The standard InChI is InChI=1S/C63H99N9/c1-58(2,34-28-49-31-37-64-61(7,8)43-49)52(40-46-22-16-13-17-23-46)67-55-70-56(68-53(41-47-24-18-14-19-25-47)59(3,4)35-29-50-32-38-65-62(9,10)44-50)72-57(71-55)69-54(42-48-26-20-15-21-27-48)60(5,6)36-30-51-33-39-66-63(11,12)45-51/h13-27,49-54,64-66H,28-45H2,1-12H3,(H3,67,68,69,70,71,72). The van der Waals surface area contributed by atoms with Gasteiger partial charge in [0.25, 0.3) is 0 Å². The van der Waals surface area contributed by atoms with Crippen molar-refractivity contribution in [2.24, 2.45) is 34.0 Å². The van der Waals surface area contributed by atoms with Crippen molar-refractivity contribution in [1.82, 2.24) is 30.9 Å². The summed E-state index contributed by atoms with van der Waals surface area (Å²) in [5.41, 5.74) is 4.34. The normalized spacial score (nSPS) is 22.6. The Morgan fingerprint density at radius 2 is 0.681 bits per heavy atom. The predicted molar refractivity (Wildman–Crippen MR) is 306 cm³/mol. The van der Waals surface area contributed by atoms with Crippen LogP contribution in [0.2, 0.25) is 0 Å². The van der Waals surface area contributed by atoms with Gasteiger partial charge in [0.15, 0.2) is 0 Å². The average molecular weight is 983 g/mol. The van der Waals surface area contributed by atoms with Crippen molar-refractivity contribution in [1.29, 1.82) is 0 Å². The minimum absolute atomic E-state index is 0.0548. The van der Waals surface area contributed by atoms with Crippen molar-refractivity contribution in [3.05, 3.63) is 108 Å². The molecule has 3 aliphatic heterocycles. The molecule has 3 aromatic carbocycles. The molecule has 9 heteroatoms. The zero-order chi connectivity index (χ0) is 51.6. The summed E-state index contributed by atoms with van der Waals surface area (Å²) >= 11 is 0. The van der Waals surface area contributed by atoms with Gasteiger partial charge < -0.3 is 31.9 Å². The lowest BCUT2D eigenvalue weighted by atomic mass is 9.73. The third kappa shape index (κ3) is 17.0. The topological polar surface area (TPSA) is 111 Å². The van der Waals surface area contributed by atoms with Crippen LogP contribution < -0.4 is 31.9 Å². The summed E-state index contributed by atoms with van der Waals surface area (Å²) in [6.07, 6.45) is 16.9. The zero-order valence-corrected chi connectivity index (χ0v) is 47.2. The van der Waals surface area contributed by atoms with Crippen LogP contribution in [-0.2, 0) is 19.3 Å². The van der Waals surface area contributed by atoms with Crippen LogP contribution in [0.1, 0.15) is 177 Å². The molecule has 0 aliphatic carbocycles. The third-order valence-corrected chi connectivity index (χ3v) is 17.7. The minimum atomic E-state index is -0.0548. The number of aromatic nitrogens is 3. The first-order valence-corrected chi connectivity index (χ1v) is 28.4. The summed E-state index contributed by atoms with van der Waals surface area (Å²) in [5, 5.41) is 23.4. The number of hydrogen-bond donors (Lipinski definition) is 6. The number of nitrogens with zero attached hydrogens (tertiary/aromatic N) is 3. The summed E-state index contributed by atoms with van der Waals surface area (Å²) in [4.78, 5) is 16.3. The van der Waals surface area contributed by atoms with Gasteiger partial charge >= 0.3 is 0 Å². The van der Waals surface area contributed by atoms with E-state index in [0.29, 0.717) is 35.6 Å². The van der Waals surface area contributed by atoms with Crippen molar-refractivity contribution in [2.75, 3.05) is 35.6 Å². The molecule has 1 aromatic heterocycles. The molecule has 4 aromatic rings. The first-order chi connectivity index (χ1) is 34.0. The van der Waals surface area contributed by atoms with E-state index in [4.69, 9.17) is 15.0 Å². The monoisotopic (exact) mass is 982 g/mol. The van der Waals surface area contributed by atoms with Gasteiger partial charge in [0.1, 0.15) is 0 Å². The van der Waals surface area contributed by atoms with Crippen LogP contribution in [0.4, 0.5) is 17.8 Å². The van der Waals surface area contributed by atoms with E-state index in [1.165, 1.54) is 74.5 Å². The molecule has 396 valence electrons. The minimum Gasteiger partial charge on any atom is -0.350 e. The second-order valence-electron chi connectivity index (χ2n) is 27.1. The van der Waals surface area contributed by atoms with Gasteiger partial charge in [-0.1, -0.05) is 133 Å². The summed E-state index contributed by atoms with van der Waals surface area (Å²) in [6, 6.07) is 33.3. The number of rotatable bonds is 24. The van der Waals surface area contributed by atoms with Gasteiger partial charge in [-0.2, -0.15) is 15.0 Å². The number of benzene rings is 3. The van der Waals surface area contributed by atoms with Crippen LogP contribution in [-0.4, -0.2) is 69.3 Å². The fraction of sp³-hybridized carbons (Fsp3) is 0.667. The molecule has 3 aliphatic rings. The van der Waals surface area contributed by atoms with Crippen LogP contribution in [0, 0.1) is 34.0 Å². The zero-order valence-electron chi connectivity index (χ0n) is 47.2. The van der Waals surface area contributed by atoms with Gasteiger partial charge in [-0.15, -0.1) is 0 Å². The predicted octanol–water partition coefficient (Wildman–Crippen LogP) is 13.7. The van der Waals surface area contributed by atoms with Crippen LogP contribution >= 0.6 is 0 Å². The number of hydrogen-bond acceptors (Lipinski definition) is 9. The Morgan fingerprint density at radius 1 is 0.431 bits per heavy atom. The van der Waals surface area contributed by atoms with Crippen LogP contribution in [0.15, 0.2) is 91.0 Å². The van der Waals surface area contributed by atoms with E-state index in [1.54, 1.807) is 0 Å². The van der Waals surface area contributed by atoms with E-state index >= 15 is 0 Å². The van der Waals surface area contributed by atoms with Crippen molar-refractivity contribution >= 4 is 17.8 Å². The molecular formula is C63H99N9. The molecule has 0 spiro atoms. The molecule has 0 saturated carbocycles. The third-order valence-electron chi connectivity index (χ3n) is 17.7. The lowest BCUT2D eigenvalue weighted by molar-refractivity contribution is 0.184. The second kappa shape index (κ2) is 24.1. The summed E-state index contributed by atoms with van der Waals surface area (Å²) in [6.45, 7) is 32.2. The van der Waals surface area contributed by atoms with Gasteiger partial charge in [0, 0.05) is 34.7 Å². The Kier molecular flexibility index (Phi) is 18.6. The highest BCUT2D eigenvalue weighted by molar-refractivity contribution is 5.45. The summed E-state index contributed by atoms with van der Waals surface area (Å²) < 4.78 is 0. The van der Waals surface area contributed by atoms with Gasteiger partial charge in [-0.25, -0.2) is 0 Å². The fourth-order valence-corrected chi connectivity index (χ4v) is 12.7. The molecule has 3 fully saturated rings. The Labute approximate surface area is 438 Å². The highest BCUT2D eigenvalue weighted by Crippen LogP contribution is 2.40. The maximum Gasteiger partial charge on any atom is 0.229 e. The molecule has 9 nitrogen and oxygen atoms in total. The molecule has 6 atom stereocenters. The summed E-state index contributed by atoms with van der Waals surface area (Å²) in [7, 11) is 0. The quantitative estimate of drug-likeness (QED) is 0.0409. The van der Waals surface area contributed by atoms with Crippen molar-refractivity contribution in [2.45, 2.75) is 214 Å². The second-order valence-corrected chi connectivity index (χ2v) is 27.1. The van der Waals surface area contributed by atoms with E-state index in [2.05, 4.69) is 206 Å². The largest absolute Gasteiger partial charge is 0.350 e. The maximum absolute atomic E-state index is 5.42. The number of anilines is 3. The lowest BCUT2D eigenvalue weighted by Crippen LogP contribution is -2.46. The Balaban J connectivity index is 1.24. The van der Waals surface area contributed by atoms with Crippen molar-refractivity contribution in [3.8, 4) is 0 Å². The Bertz CT molecular complexity index is 1970. The summed E-state index contributed by atoms with van der Waals surface area (Å²) in [5.74, 6) is 4.02. The molecule has 0 amide bonds. The number of nitrogens with one attached hydrogen (secondary N) is 6. The SMILES string of the molecule is CC1(C)CC(CCC(C)(C)C(Cc2ccccc2)Nc2nc(NC(Cc3ccccc3)C(C)(C)CCC3CCNC(C)(C)C3)nc(NC(Cc3ccccc3)C(C)(C)CCC3CCNC(C)(C)C3)n2)CCN1. The van der Waals surface area contributed by atoms with E-state index in [0.717, 1.165) is 58.2 Å². The maximum atomic E-state index is 5.42. The number of piperidine rings is 3. The first-order valence-electron chi connectivity index (χ1n) is 28.4. The van der Waals surface area contributed by atoms with Gasteiger partial charge in [0.2, 0.25) is 17.8 Å². The highest BCUT2D eigenvalue weighted by Gasteiger charge is 2.38. The average Bonchev–Trinajstić information content (AvgIpc) is 3.32. The molecule has 72 heavy (non-hydrogen) atoms. The van der Waals surface area contributed by atoms with Crippen LogP contribution in [0.3, 0.4) is 0 Å². The van der Waals surface area contributed by atoms with E-state index < -0.39 is 0 Å². The molecule has 6 unspecified atom stereocenters. The van der Waals surface area contributed by atoms with Gasteiger partial charge in [-0.05, 0) is 208 Å². The molecule has 0 radical (unpaired) electrons. The van der Waals surface area contributed by atoms with E-state index in [1.807, 2.05) is 0 Å². The smallest absolute Gasteiger partial charge is 0.229 e. The molecule has 3 saturated heterocycles. The highest BCUT2D eigenvalue weighted by atomic mass is 15.3. The fourth-order valence-electron chi connectivity index (χ4n) is 12.7. The lowest BCUT2D eigenvalue weighted by Gasteiger charge is -2.41. The first kappa shape index (κ1) is 55.7.